The first kappa shape index (κ1) is 17.0. The van der Waals surface area contributed by atoms with Crippen molar-refractivity contribution in [2.24, 2.45) is 5.92 Å². The molecule has 2 atom stereocenters. The van der Waals surface area contributed by atoms with Gasteiger partial charge < -0.3 is 14.7 Å². The predicted molar refractivity (Wildman–Crippen MR) is 95.6 cm³/mol. The normalized spacial score (nSPS) is 19.7. The minimum Gasteiger partial charge on any atom is -0.497 e. The number of nitrogens with zero attached hydrogens (tertiary/aromatic N) is 2. The number of methoxy groups -OCH3 is 1. The van der Waals surface area contributed by atoms with E-state index in [4.69, 9.17) is 4.74 Å². The maximum Gasteiger partial charge on any atom is 0.269 e. The third-order valence-corrected chi connectivity index (χ3v) is 4.50. The molecule has 0 bridgehead atoms. The second kappa shape index (κ2) is 7.36. The van der Waals surface area contributed by atoms with Crippen molar-refractivity contribution >= 4 is 11.4 Å². The summed E-state index contributed by atoms with van der Waals surface area (Å²) >= 11 is 0. The van der Waals surface area contributed by atoms with Gasteiger partial charge in [0.05, 0.1) is 18.1 Å². The topological polar surface area (TPSA) is 75.8 Å². The number of benzene rings is 2. The summed E-state index contributed by atoms with van der Waals surface area (Å²) in [6, 6.07) is 14.1. The van der Waals surface area contributed by atoms with E-state index in [1.165, 1.54) is 12.1 Å². The summed E-state index contributed by atoms with van der Waals surface area (Å²) in [5.74, 6) is 0.781. The van der Waals surface area contributed by atoms with Crippen molar-refractivity contribution in [2.75, 3.05) is 18.6 Å². The van der Waals surface area contributed by atoms with Crippen LogP contribution in [0.25, 0.3) is 0 Å². The number of hydrogen-bond acceptors (Lipinski definition) is 5. The van der Waals surface area contributed by atoms with Gasteiger partial charge in [0.2, 0.25) is 0 Å². The van der Waals surface area contributed by atoms with E-state index in [9.17, 15) is 15.2 Å². The van der Waals surface area contributed by atoms with Crippen LogP contribution in [0.5, 0.6) is 5.75 Å². The predicted octanol–water partition coefficient (Wildman–Crippen LogP) is 3.68. The molecule has 130 valence electrons. The van der Waals surface area contributed by atoms with Crippen LogP contribution in [-0.2, 0) is 0 Å². The summed E-state index contributed by atoms with van der Waals surface area (Å²) in [5.41, 5.74) is 1.97. The Balaban J connectivity index is 1.97. The lowest BCUT2D eigenvalue weighted by atomic mass is 9.87. The van der Waals surface area contributed by atoms with Gasteiger partial charge in [0.25, 0.3) is 5.69 Å². The lowest BCUT2D eigenvalue weighted by molar-refractivity contribution is -0.384. The van der Waals surface area contributed by atoms with E-state index in [1.54, 1.807) is 19.2 Å². The number of nitro groups is 1. The van der Waals surface area contributed by atoms with E-state index in [2.05, 4.69) is 4.90 Å². The first-order valence-electron chi connectivity index (χ1n) is 8.08. The molecule has 1 heterocycles. The Morgan fingerprint density at radius 3 is 2.44 bits per heavy atom. The van der Waals surface area contributed by atoms with Crippen molar-refractivity contribution in [3.05, 3.63) is 76.5 Å². The van der Waals surface area contributed by atoms with Gasteiger partial charge in [-0.1, -0.05) is 18.2 Å². The van der Waals surface area contributed by atoms with Crippen molar-refractivity contribution in [3.63, 3.8) is 0 Å². The zero-order valence-corrected chi connectivity index (χ0v) is 13.9. The molecular formula is C19H20N2O4. The summed E-state index contributed by atoms with van der Waals surface area (Å²) < 4.78 is 5.21. The van der Waals surface area contributed by atoms with E-state index in [0.717, 1.165) is 23.4 Å². The standard InChI is InChI=1S/C19H20N2O4/c1-25-18-10-8-16(9-11-18)20-12-2-3-15(13-22)19(20)14-4-6-17(7-5-14)21(23)24/h2,4-12,15,19,22H,3,13H2,1H3/t15-,19-/m1/s1. The van der Waals surface area contributed by atoms with Gasteiger partial charge in [-0.2, -0.15) is 0 Å². The highest BCUT2D eigenvalue weighted by Crippen LogP contribution is 2.39. The molecule has 3 rings (SSSR count). The summed E-state index contributed by atoms with van der Waals surface area (Å²) in [4.78, 5) is 12.6. The van der Waals surface area contributed by atoms with E-state index in [1.807, 2.05) is 36.5 Å². The average Bonchev–Trinajstić information content (AvgIpc) is 2.67. The number of nitro benzene ring substituents is 1. The minimum absolute atomic E-state index is 0.00792. The van der Waals surface area contributed by atoms with Gasteiger partial charge >= 0.3 is 0 Å². The Morgan fingerprint density at radius 1 is 1.20 bits per heavy atom. The third-order valence-electron chi connectivity index (χ3n) is 4.50. The zero-order chi connectivity index (χ0) is 17.8. The molecule has 0 fully saturated rings. The van der Waals surface area contributed by atoms with Gasteiger partial charge in [0, 0.05) is 36.5 Å². The van der Waals surface area contributed by atoms with Crippen LogP contribution in [0, 0.1) is 16.0 Å². The minimum atomic E-state index is -0.407. The summed E-state index contributed by atoms with van der Waals surface area (Å²) in [6.07, 6.45) is 4.79. The fourth-order valence-electron chi connectivity index (χ4n) is 3.20. The smallest absolute Gasteiger partial charge is 0.269 e. The summed E-state index contributed by atoms with van der Waals surface area (Å²) in [7, 11) is 1.62. The molecular weight excluding hydrogens is 320 g/mol. The lowest BCUT2D eigenvalue weighted by Gasteiger charge is -2.39. The molecule has 0 saturated heterocycles. The van der Waals surface area contributed by atoms with Crippen LogP contribution in [-0.4, -0.2) is 23.7 Å². The van der Waals surface area contributed by atoms with Gasteiger partial charge in [-0.05, 0) is 36.2 Å². The molecule has 0 aromatic heterocycles. The van der Waals surface area contributed by atoms with Crippen LogP contribution in [0.2, 0.25) is 0 Å². The maximum atomic E-state index is 10.9. The van der Waals surface area contributed by atoms with Crippen molar-refractivity contribution in [3.8, 4) is 5.75 Å². The largest absolute Gasteiger partial charge is 0.497 e. The molecule has 6 nitrogen and oxygen atoms in total. The number of hydrogen-bond donors (Lipinski definition) is 1. The first-order valence-corrected chi connectivity index (χ1v) is 8.08. The molecule has 0 aliphatic carbocycles. The van der Waals surface area contributed by atoms with Gasteiger partial charge in [-0.25, -0.2) is 0 Å². The SMILES string of the molecule is COc1ccc(N2C=CC[C@H](CO)[C@H]2c2ccc([N+](=O)[O-])cc2)cc1. The van der Waals surface area contributed by atoms with Crippen LogP contribution in [0.15, 0.2) is 60.8 Å². The second-order valence-electron chi connectivity index (χ2n) is 5.96. The molecule has 25 heavy (non-hydrogen) atoms. The first-order chi connectivity index (χ1) is 12.1. The molecule has 0 spiro atoms. The van der Waals surface area contributed by atoms with Crippen molar-refractivity contribution in [2.45, 2.75) is 12.5 Å². The summed E-state index contributed by atoms with van der Waals surface area (Å²) in [6.45, 7) is 0.0403. The van der Waals surface area contributed by atoms with Crippen molar-refractivity contribution in [1.29, 1.82) is 0 Å². The number of non-ortho nitro benzene ring substituents is 1. The molecule has 2 aromatic carbocycles. The van der Waals surface area contributed by atoms with Crippen LogP contribution >= 0.6 is 0 Å². The van der Waals surface area contributed by atoms with Crippen molar-refractivity contribution in [1.82, 2.24) is 0 Å². The molecule has 1 aliphatic rings. The third kappa shape index (κ3) is 3.49. The molecule has 2 aromatic rings. The van der Waals surface area contributed by atoms with E-state index >= 15 is 0 Å². The highest BCUT2D eigenvalue weighted by Gasteiger charge is 2.30. The van der Waals surface area contributed by atoms with Crippen LogP contribution < -0.4 is 9.64 Å². The monoisotopic (exact) mass is 340 g/mol. The number of rotatable bonds is 5. The van der Waals surface area contributed by atoms with E-state index < -0.39 is 4.92 Å². The Hall–Kier alpha value is -2.86. The van der Waals surface area contributed by atoms with Gasteiger partial charge in [0.1, 0.15) is 5.75 Å². The van der Waals surface area contributed by atoms with Crippen LogP contribution in [0.3, 0.4) is 0 Å². The highest BCUT2D eigenvalue weighted by molar-refractivity contribution is 5.55. The average molecular weight is 340 g/mol. The Labute approximate surface area is 146 Å². The number of aliphatic hydroxyl groups is 1. The zero-order valence-electron chi connectivity index (χ0n) is 13.9. The fraction of sp³-hybridized carbons (Fsp3) is 0.263. The molecule has 0 amide bonds. The maximum absolute atomic E-state index is 10.9. The highest BCUT2D eigenvalue weighted by atomic mass is 16.6. The summed E-state index contributed by atoms with van der Waals surface area (Å²) in [5, 5.41) is 20.7. The molecule has 0 unspecified atom stereocenters. The van der Waals surface area contributed by atoms with Gasteiger partial charge in [-0.3, -0.25) is 10.1 Å². The lowest BCUT2D eigenvalue weighted by Crippen LogP contribution is -2.34. The molecule has 6 heteroatoms. The van der Waals surface area contributed by atoms with Gasteiger partial charge in [-0.15, -0.1) is 0 Å². The number of aliphatic hydroxyl groups excluding tert-OH is 1. The van der Waals surface area contributed by atoms with Crippen LogP contribution in [0.1, 0.15) is 18.0 Å². The number of allylic oxidation sites excluding steroid dienone is 1. The molecule has 0 radical (unpaired) electrons. The van der Waals surface area contributed by atoms with E-state index in [0.29, 0.717) is 0 Å². The van der Waals surface area contributed by atoms with Gasteiger partial charge in [0.15, 0.2) is 0 Å². The Kier molecular flexibility index (Phi) is 5.00. The Morgan fingerprint density at radius 2 is 1.88 bits per heavy atom. The van der Waals surface area contributed by atoms with Crippen molar-refractivity contribution < 1.29 is 14.8 Å². The fourth-order valence-corrected chi connectivity index (χ4v) is 3.20. The van der Waals surface area contributed by atoms with E-state index in [-0.39, 0.29) is 24.3 Å². The number of ether oxygens (including phenoxy) is 1. The number of anilines is 1. The quantitative estimate of drug-likeness (QED) is 0.664. The molecule has 1 aliphatic heterocycles. The van der Waals surface area contributed by atoms with Crippen LogP contribution in [0.4, 0.5) is 11.4 Å². The Bertz CT molecular complexity index is 756. The molecule has 1 N–H and O–H groups in total. The molecule has 0 saturated carbocycles. The second-order valence-corrected chi connectivity index (χ2v) is 5.96.